The van der Waals surface area contributed by atoms with Gasteiger partial charge in [-0.3, -0.25) is 24.1 Å². The minimum Gasteiger partial charge on any atom is -0.480 e. The molecule has 2 amide bonds. The molecule has 4 N–H and O–H groups in total. The van der Waals surface area contributed by atoms with Gasteiger partial charge in [0, 0.05) is 6.07 Å². The number of carbonyl (C=O) groups is 3. The number of primary amides is 1. The summed E-state index contributed by atoms with van der Waals surface area (Å²) in [7, 11) is 0. The second-order valence-electron chi connectivity index (χ2n) is 4.95. The van der Waals surface area contributed by atoms with Crippen LogP contribution in [0.5, 0.6) is 0 Å². The van der Waals surface area contributed by atoms with E-state index >= 15 is 0 Å². The molecule has 0 aliphatic heterocycles. The average molecular weight is 335 g/mol. The fourth-order valence-corrected chi connectivity index (χ4v) is 2.16. The molecule has 2 aromatic heterocycles. The zero-order valence-corrected chi connectivity index (χ0v) is 12.4. The highest BCUT2D eigenvalue weighted by Crippen LogP contribution is 2.17. The summed E-state index contributed by atoms with van der Waals surface area (Å²) in [4.78, 5) is 48.7. The average Bonchev–Trinajstić information content (AvgIpc) is 2.80. The lowest BCUT2D eigenvalue weighted by Crippen LogP contribution is -2.43. The van der Waals surface area contributed by atoms with Gasteiger partial charge in [-0.1, -0.05) is 0 Å². The molecular weight excluding hydrogens is 322 g/mol. The molecular formula is C13H13N5O6. The van der Waals surface area contributed by atoms with Gasteiger partial charge in [0.05, 0.1) is 23.2 Å². The van der Waals surface area contributed by atoms with Crippen LogP contribution < -0.4 is 11.1 Å². The van der Waals surface area contributed by atoms with Crippen LogP contribution in [0.3, 0.4) is 0 Å². The lowest BCUT2D eigenvalue weighted by Gasteiger charge is -2.13. The molecule has 0 saturated heterocycles. The molecule has 0 spiro atoms. The number of aryl methyl sites for hydroxylation is 1. The number of carboxylic acids is 1. The number of aromatic nitrogens is 2. The molecule has 11 heteroatoms. The molecule has 0 saturated carbocycles. The summed E-state index contributed by atoms with van der Waals surface area (Å²) in [6.07, 6.45) is 0.519. The summed E-state index contributed by atoms with van der Waals surface area (Å²) >= 11 is 0. The number of hydrogen-bond acceptors (Lipinski definition) is 6. The molecule has 2 heterocycles. The van der Waals surface area contributed by atoms with Crippen molar-refractivity contribution in [3.05, 3.63) is 39.8 Å². The number of nitrogens with zero attached hydrogens (tertiary/aromatic N) is 3. The zero-order chi connectivity index (χ0) is 18.0. The predicted molar refractivity (Wildman–Crippen MR) is 79.3 cm³/mol. The largest absolute Gasteiger partial charge is 0.480 e. The first kappa shape index (κ1) is 16.9. The maximum absolute atomic E-state index is 12.4. The van der Waals surface area contributed by atoms with E-state index in [1.165, 1.54) is 23.5 Å². The van der Waals surface area contributed by atoms with Crippen LogP contribution in [-0.4, -0.2) is 43.2 Å². The number of carboxylic acid groups (broad SMARTS) is 1. The SMILES string of the molecule is Cc1nc2ccc([N+](=O)[O-])cn2c1C(=O)NC(CC(N)=O)C(=O)O. The van der Waals surface area contributed by atoms with Gasteiger partial charge < -0.3 is 16.2 Å². The number of fused-ring (bicyclic) bond motifs is 1. The lowest BCUT2D eigenvalue weighted by atomic mass is 10.2. The zero-order valence-electron chi connectivity index (χ0n) is 12.4. The Bertz CT molecular complexity index is 858. The van der Waals surface area contributed by atoms with E-state index in [1.807, 2.05) is 0 Å². The lowest BCUT2D eigenvalue weighted by molar-refractivity contribution is -0.385. The second-order valence-corrected chi connectivity index (χ2v) is 4.95. The van der Waals surface area contributed by atoms with Crippen molar-refractivity contribution in [2.75, 3.05) is 0 Å². The molecule has 1 unspecified atom stereocenters. The molecule has 0 aliphatic rings. The van der Waals surface area contributed by atoms with E-state index in [9.17, 15) is 24.5 Å². The molecule has 126 valence electrons. The van der Waals surface area contributed by atoms with E-state index in [2.05, 4.69) is 10.3 Å². The van der Waals surface area contributed by atoms with Gasteiger partial charge in [0.1, 0.15) is 17.4 Å². The van der Waals surface area contributed by atoms with Gasteiger partial charge in [0.25, 0.3) is 11.6 Å². The van der Waals surface area contributed by atoms with Gasteiger partial charge in [-0.2, -0.15) is 0 Å². The molecule has 11 nitrogen and oxygen atoms in total. The highest BCUT2D eigenvalue weighted by Gasteiger charge is 2.26. The van der Waals surface area contributed by atoms with Crippen molar-refractivity contribution < 1.29 is 24.4 Å². The number of rotatable bonds is 6. The molecule has 2 aromatic rings. The quantitative estimate of drug-likeness (QED) is 0.476. The standard InChI is InChI=1S/C13H13N5O6/c1-6-11(12(20)16-8(13(21)22)4-9(14)19)17-5-7(18(23)24)2-3-10(17)15-6/h2-3,5,8H,4H2,1H3,(H2,14,19)(H,16,20)(H,21,22). The Morgan fingerprint density at radius 1 is 1.46 bits per heavy atom. The van der Waals surface area contributed by atoms with Gasteiger partial charge in [-0.25, -0.2) is 9.78 Å². The van der Waals surface area contributed by atoms with Crippen molar-refractivity contribution >= 4 is 29.1 Å². The Morgan fingerprint density at radius 3 is 2.67 bits per heavy atom. The number of nitrogens with two attached hydrogens (primary N) is 1. The minimum atomic E-state index is -1.52. The number of carbonyl (C=O) groups excluding carboxylic acids is 2. The Kier molecular flexibility index (Phi) is 4.44. The predicted octanol–water partition coefficient (Wildman–Crippen LogP) is -0.391. The number of pyridine rings is 1. The molecule has 0 aliphatic carbocycles. The minimum absolute atomic E-state index is 0.0654. The molecule has 0 fully saturated rings. The van der Waals surface area contributed by atoms with Crippen LogP contribution in [0.1, 0.15) is 22.6 Å². The highest BCUT2D eigenvalue weighted by molar-refractivity contribution is 5.98. The van der Waals surface area contributed by atoms with Crippen molar-refractivity contribution in [3.63, 3.8) is 0 Å². The van der Waals surface area contributed by atoms with Crippen molar-refractivity contribution in [1.29, 1.82) is 0 Å². The first-order valence-electron chi connectivity index (χ1n) is 6.65. The van der Waals surface area contributed by atoms with Crippen LogP contribution >= 0.6 is 0 Å². The summed E-state index contributed by atoms with van der Waals surface area (Å²) in [6, 6.07) is 1.08. The van der Waals surface area contributed by atoms with Gasteiger partial charge in [-0.05, 0) is 13.0 Å². The molecule has 24 heavy (non-hydrogen) atoms. The van der Waals surface area contributed by atoms with Crippen LogP contribution in [0.4, 0.5) is 5.69 Å². The summed E-state index contributed by atoms with van der Waals surface area (Å²) in [6.45, 7) is 1.50. The van der Waals surface area contributed by atoms with Gasteiger partial charge in [0.15, 0.2) is 0 Å². The summed E-state index contributed by atoms with van der Waals surface area (Å²) in [5, 5.41) is 22.1. The third kappa shape index (κ3) is 3.29. The van der Waals surface area contributed by atoms with Crippen LogP contribution in [0.2, 0.25) is 0 Å². The Hall–Kier alpha value is -3.50. The van der Waals surface area contributed by atoms with Crippen LogP contribution in [0, 0.1) is 17.0 Å². The normalized spacial score (nSPS) is 11.9. The Balaban J connectivity index is 2.42. The third-order valence-electron chi connectivity index (χ3n) is 3.21. The number of nitro groups is 1. The molecule has 0 bridgehead atoms. The fourth-order valence-electron chi connectivity index (χ4n) is 2.16. The third-order valence-corrected chi connectivity index (χ3v) is 3.21. The highest BCUT2D eigenvalue weighted by atomic mass is 16.6. The monoisotopic (exact) mass is 335 g/mol. The molecule has 2 rings (SSSR count). The van der Waals surface area contributed by atoms with Crippen molar-refractivity contribution in [2.45, 2.75) is 19.4 Å². The van der Waals surface area contributed by atoms with Gasteiger partial charge in [-0.15, -0.1) is 0 Å². The molecule has 0 aromatic carbocycles. The van der Waals surface area contributed by atoms with E-state index in [0.717, 1.165) is 6.20 Å². The number of nitrogens with one attached hydrogen (secondary N) is 1. The van der Waals surface area contributed by atoms with Gasteiger partial charge >= 0.3 is 5.97 Å². The Morgan fingerprint density at radius 2 is 2.12 bits per heavy atom. The Labute approximate surface area is 134 Å². The second kappa shape index (κ2) is 6.32. The fraction of sp³-hybridized carbons (Fsp3) is 0.231. The smallest absolute Gasteiger partial charge is 0.326 e. The van der Waals surface area contributed by atoms with Crippen molar-refractivity contribution in [3.8, 4) is 0 Å². The van der Waals surface area contributed by atoms with Crippen molar-refractivity contribution in [1.82, 2.24) is 14.7 Å². The number of aliphatic carboxylic acids is 1. The van der Waals surface area contributed by atoms with Crippen LogP contribution in [0.15, 0.2) is 18.3 Å². The molecule has 0 radical (unpaired) electrons. The first-order chi connectivity index (χ1) is 11.2. The summed E-state index contributed by atoms with van der Waals surface area (Å²) < 4.78 is 1.19. The number of imidazole rings is 1. The topological polar surface area (TPSA) is 170 Å². The van der Waals surface area contributed by atoms with Gasteiger partial charge in [0.2, 0.25) is 5.91 Å². The van der Waals surface area contributed by atoms with E-state index < -0.39 is 35.2 Å². The summed E-state index contributed by atoms with van der Waals surface area (Å²) in [5.74, 6) is -3.16. The molecule has 1 atom stereocenters. The number of hydrogen-bond donors (Lipinski definition) is 3. The number of amides is 2. The van der Waals surface area contributed by atoms with Crippen LogP contribution in [0.25, 0.3) is 5.65 Å². The summed E-state index contributed by atoms with van der Waals surface area (Å²) in [5.41, 5.74) is 5.15. The maximum atomic E-state index is 12.4. The maximum Gasteiger partial charge on any atom is 0.326 e. The van der Waals surface area contributed by atoms with Crippen LogP contribution in [-0.2, 0) is 9.59 Å². The van der Waals surface area contributed by atoms with E-state index in [4.69, 9.17) is 10.8 Å². The van der Waals surface area contributed by atoms with E-state index in [0.29, 0.717) is 0 Å². The first-order valence-corrected chi connectivity index (χ1v) is 6.65. The van der Waals surface area contributed by atoms with E-state index in [1.54, 1.807) is 0 Å². The van der Waals surface area contributed by atoms with E-state index in [-0.39, 0.29) is 22.7 Å². The van der Waals surface area contributed by atoms with Crippen molar-refractivity contribution in [2.24, 2.45) is 5.73 Å².